The average molecular weight is 244 g/mol. The predicted octanol–water partition coefficient (Wildman–Crippen LogP) is 2.18. The van der Waals surface area contributed by atoms with Gasteiger partial charge in [-0.3, -0.25) is 4.79 Å². The molecule has 4 heteroatoms. The SMILES string of the molecule is O=c1cc([C@H]2CCN[C@@H](c3ccccc3)C2)o[nH]1. The molecule has 94 valence electrons. The molecule has 0 radical (unpaired) electrons. The first kappa shape index (κ1) is 11.3. The zero-order valence-electron chi connectivity index (χ0n) is 10.1. The lowest BCUT2D eigenvalue weighted by atomic mass is 9.87. The minimum absolute atomic E-state index is 0.153. The third-order valence-corrected chi connectivity index (χ3v) is 3.55. The van der Waals surface area contributed by atoms with E-state index in [2.05, 4.69) is 34.7 Å². The summed E-state index contributed by atoms with van der Waals surface area (Å²) in [5.74, 6) is 1.10. The monoisotopic (exact) mass is 244 g/mol. The van der Waals surface area contributed by atoms with Crippen LogP contribution in [0.2, 0.25) is 0 Å². The van der Waals surface area contributed by atoms with E-state index in [1.54, 1.807) is 6.07 Å². The number of benzene rings is 1. The van der Waals surface area contributed by atoms with Gasteiger partial charge in [0.05, 0.1) is 0 Å². The molecular weight excluding hydrogens is 228 g/mol. The van der Waals surface area contributed by atoms with Gasteiger partial charge in [-0.25, -0.2) is 0 Å². The number of hydrogen-bond acceptors (Lipinski definition) is 3. The van der Waals surface area contributed by atoms with E-state index in [1.165, 1.54) is 5.56 Å². The first-order chi connectivity index (χ1) is 8.83. The number of piperidine rings is 1. The van der Waals surface area contributed by atoms with Crippen LogP contribution in [-0.2, 0) is 0 Å². The molecule has 4 nitrogen and oxygen atoms in total. The molecule has 2 heterocycles. The Balaban J connectivity index is 1.78. The Hall–Kier alpha value is -1.81. The molecule has 3 rings (SSSR count). The van der Waals surface area contributed by atoms with Crippen LogP contribution in [0.4, 0.5) is 0 Å². The van der Waals surface area contributed by atoms with Crippen LogP contribution < -0.4 is 10.9 Å². The lowest BCUT2D eigenvalue weighted by Crippen LogP contribution is -2.30. The maximum absolute atomic E-state index is 11.1. The van der Waals surface area contributed by atoms with Crippen molar-refractivity contribution in [1.29, 1.82) is 0 Å². The summed E-state index contributed by atoms with van der Waals surface area (Å²) in [7, 11) is 0. The number of H-pyrrole nitrogens is 1. The van der Waals surface area contributed by atoms with Crippen LogP contribution in [0.5, 0.6) is 0 Å². The van der Waals surface area contributed by atoms with E-state index >= 15 is 0 Å². The summed E-state index contributed by atoms with van der Waals surface area (Å²) in [6.07, 6.45) is 1.97. The van der Waals surface area contributed by atoms with Gasteiger partial charge in [-0.05, 0) is 24.9 Å². The minimum atomic E-state index is -0.153. The Morgan fingerprint density at radius 2 is 2.06 bits per heavy atom. The van der Waals surface area contributed by atoms with Crippen molar-refractivity contribution in [3.05, 3.63) is 58.1 Å². The van der Waals surface area contributed by atoms with Crippen LogP contribution in [0.1, 0.15) is 36.1 Å². The Labute approximate surface area is 105 Å². The van der Waals surface area contributed by atoms with Gasteiger partial charge in [0.2, 0.25) is 0 Å². The molecule has 0 spiro atoms. The van der Waals surface area contributed by atoms with E-state index < -0.39 is 0 Å². The van der Waals surface area contributed by atoms with Gasteiger partial charge in [0, 0.05) is 18.0 Å². The molecule has 0 saturated carbocycles. The average Bonchev–Trinajstić information content (AvgIpc) is 2.87. The molecule has 1 aromatic carbocycles. The first-order valence-electron chi connectivity index (χ1n) is 6.29. The zero-order valence-corrected chi connectivity index (χ0v) is 10.1. The molecule has 1 saturated heterocycles. The van der Waals surface area contributed by atoms with Crippen molar-refractivity contribution >= 4 is 0 Å². The summed E-state index contributed by atoms with van der Waals surface area (Å²) < 4.78 is 5.22. The summed E-state index contributed by atoms with van der Waals surface area (Å²) >= 11 is 0. The Morgan fingerprint density at radius 1 is 1.22 bits per heavy atom. The fraction of sp³-hybridized carbons (Fsp3) is 0.357. The van der Waals surface area contributed by atoms with Crippen molar-refractivity contribution in [2.45, 2.75) is 24.8 Å². The van der Waals surface area contributed by atoms with Crippen LogP contribution in [0.3, 0.4) is 0 Å². The quantitative estimate of drug-likeness (QED) is 0.851. The van der Waals surface area contributed by atoms with Gasteiger partial charge < -0.3 is 9.84 Å². The van der Waals surface area contributed by atoms with Crippen molar-refractivity contribution in [1.82, 2.24) is 10.5 Å². The van der Waals surface area contributed by atoms with Crippen molar-refractivity contribution in [3.63, 3.8) is 0 Å². The molecule has 0 unspecified atom stereocenters. The maximum atomic E-state index is 11.1. The van der Waals surface area contributed by atoms with Crippen molar-refractivity contribution in [2.75, 3.05) is 6.54 Å². The third-order valence-electron chi connectivity index (χ3n) is 3.55. The van der Waals surface area contributed by atoms with E-state index in [0.717, 1.165) is 25.1 Å². The Kier molecular flexibility index (Phi) is 3.02. The van der Waals surface area contributed by atoms with Crippen LogP contribution in [0.25, 0.3) is 0 Å². The standard InChI is InChI=1S/C14H16N2O2/c17-14-9-13(18-16-14)11-6-7-15-12(8-11)10-4-2-1-3-5-10/h1-5,9,11-12,15H,6-8H2,(H,16,17)/t11-,12+/m0/s1. The molecule has 2 aromatic rings. The Bertz CT molecular complexity index is 558. The molecule has 0 amide bonds. The summed E-state index contributed by atoms with van der Waals surface area (Å²) in [5, 5.41) is 5.88. The predicted molar refractivity (Wildman–Crippen MR) is 68.5 cm³/mol. The van der Waals surface area contributed by atoms with Crippen molar-refractivity contribution in [3.8, 4) is 0 Å². The number of rotatable bonds is 2. The minimum Gasteiger partial charge on any atom is -0.383 e. The summed E-state index contributed by atoms with van der Waals surface area (Å²) in [6.45, 7) is 0.944. The van der Waals surface area contributed by atoms with Crippen LogP contribution in [-0.4, -0.2) is 11.7 Å². The highest BCUT2D eigenvalue weighted by atomic mass is 16.5. The van der Waals surface area contributed by atoms with E-state index in [4.69, 9.17) is 4.52 Å². The summed E-state index contributed by atoms with van der Waals surface area (Å²) in [5.41, 5.74) is 1.14. The third kappa shape index (κ3) is 2.24. The Morgan fingerprint density at radius 3 is 2.78 bits per heavy atom. The van der Waals surface area contributed by atoms with Gasteiger partial charge in [-0.2, -0.15) is 5.16 Å². The number of nitrogens with one attached hydrogen (secondary N) is 2. The van der Waals surface area contributed by atoms with Crippen molar-refractivity contribution in [2.24, 2.45) is 0 Å². The second-order valence-electron chi connectivity index (χ2n) is 4.75. The van der Waals surface area contributed by atoms with Gasteiger partial charge in [-0.15, -0.1) is 0 Å². The number of hydrogen-bond donors (Lipinski definition) is 2. The molecular formula is C14H16N2O2. The number of aromatic amines is 1. The van der Waals surface area contributed by atoms with E-state index in [0.29, 0.717) is 12.0 Å². The van der Waals surface area contributed by atoms with Crippen LogP contribution in [0.15, 0.2) is 45.7 Å². The molecule has 1 fully saturated rings. The normalized spacial score (nSPS) is 24.0. The smallest absolute Gasteiger partial charge is 0.280 e. The number of aromatic nitrogens is 1. The van der Waals surface area contributed by atoms with E-state index in [1.807, 2.05) is 6.07 Å². The lowest BCUT2D eigenvalue weighted by molar-refractivity contribution is 0.295. The molecule has 1 aliphatic rings. The molecule has 2 atom stereocenters. The highest BCUT2D eigenvalue weighted by Crippen LogP contribution is 2.33. The van der Waals surface area contributed by atoms with Crippen LogP contribution >= 0.6 is 0 Å². The largest absolute Gasteiger partial charge is 0.383 e. The molecule has 2 N–H and O–H groups in total. The zero-order chi connectivity index (χ0) is 12.4. The van der Waals surface area contributed by atoms with Crippen molar-refractivity contribution < 1.29 is 4.52 Å². The maximum Gasteiger partial charge on any atom is 0.280 e. The molecule has 0 bridgehead atoms. The van der Waals surface area contributed by atoms with E-state index in [-0.39, 0.29) is 5.56 Å². The summed E-state index contributed by atoms with van der Waals surface area (Å²) in [6, 6.07) is 12.3. The summed E-state index contributed by atoms with van der Waals surface area (Å²) in [4.78, 5) is 11.1. The molecule has 0 aliphatic carbocycles. The first-order valence-corrected chi connectivity index (χ1v) is 6.29. The second kappa shape index (κ2) is 4.82. The lowest BCUT2D eigenvalue weighted by Gasteiger charge is -2.29. The second-order valence-corrected chi connectivity index (χ2v) is 4.75. The highest BCUT2D eigenvalue weighted by Gasteiger charge is 2.26. The van der Waals surface area contributed by atoms with Crippen LogP contribution in [0, 0.1) is 0 Å². The molecule has 1 aromatic heterocycles. The van der Waals surface area contributed by atoms with Gasteiger partial charge >= 0.3 is 0 Å². The molecule has 18 heavy (non-hydrogen) atoms. The van der Waals surface area contributed by atoms with E-state index in [9.17, 15) is 4.79 Å². The van der Waals surface area contributed by atoms with Gasteiger partial charge in [0.15, 0.2) is 0 Å². The topological polar surface area (TPSA) is 58.0 Å². The fourth-order valence-electron chi connectivity index (χ4n) is 2.61. The van der Waals surface area contributed by atoms with Gasteiger partial charge in [0.1, 0.15) is 5.76 Å². The van der Waals surface area contributed by atoms with Gasteiger partial charge in [0.25, 0.3) is 5.56 Å². The molecule has 1 aliphatic heterocycles. The highest BCUT2D eigenvalue weighted by molar-refractivity contribution is 5.20. The fourth-order valence-corrected chi connectivity index (χ4v) is 2.61. The van der Waals surface area contributed by atoms with Gasteiger partial charge in [-0.1, -0.05) is 30.3 Å².